The molecule has 150 valence electrons. The highest BCUT2D eigenvalue weighted by Crippen LogP contribution is 2.52. The van der Waals surface area contributed by atoms with Gasteiger partial charge in [-0.15, -0.1) is 11.3 Å². The Bertz CT molecular complexity index is 1020. The molecule has 0 radical (unpaired) electrons. The normalized spacial score (nSPS) is 14.2. The molecule has 2 aromatic carbocycles. The third-order valence-electron chi connectivity index (χ3n) is 5.86. The van der Waals surface area contributed by atoms with Gasteiger partial charge in [-0.2, -0.15) is 0 Å². The lowest BCUT2D eigenvalue weighted by atomic mass is 9.88. The van der Waals surface area contributed by atoms with Gasteiger partial charge in [-0.1, -0.05) is 24.3 Å². The van der Waals surface area contributed by atoms with Gasteiger partial charge in [-0.25, -0.2) is 0 Å². The molecule has 0 bridgehead atoms. The molecule has 1 aromatic heterocycles. The maximum atomic E-state index is 6.58. The Morgan fingerprint density at radius 1 is 1.03 bits per heavy atom. The summed E-state index contributed by atoms with van der Waals surface area (Å²) in [5.41, 5.74) is 6.56. The van der Waals surface area contributed by atoms with Crippen molar-refractivity contribution in [2.75, 3.05) is 20.2 Å². The summed E-state index contributed by atoms with van der Waals surface area (Å²) in [6, 6.07) is 15.3. The summed E-state index contributed by atoms with van der Waals surface area (Å²) in [5.74, 6) is 2.04. The molecule has 0 amide bonds. The number of hydrogen-bond acceptors (Lipinski definition) is 4. The molecule has 4 heteroatoms. The first-order valence-electron chi connectivity index (χ1n) is 10.6. The Morgan fingerprint density at radius 2 is 1.93 bits per heavy atom. The van der Waals surface area contributed by atoms with E-state index in [1.807, 2.05) is 18.4 Å². The molecule has 0 saturated carbocycles. The zero-order valence-corrected chi connectivity index (χ0v) is 17.7. The fourth-order valence-corrected chi connectivity index (χ4v) is 5.55. The molecule has 5 rings (SSSR count). The van der Waals surface area contributed by atoms with Crippen molar-refractivity contribution in [1.82, 2.24) is 5.32 Å². The van der Waals surface area contributed by atoms with Crippen LogP contribution in [0.2, 0.25) is 0 Å². The second-order valence-corrected chi connectivity index (χ2v) is 8.99. The Hall–Kier alpha value is -2.14. The SMILES string of the molecule is CNCCCOCc1cc2c(s1)-c1ccc3c(c1Oc1ccccc1-2)CCCC3. The summed E-state index contributed by atoms with van der Waals surface area (Å²) < 4.78 is 12.5. The van der Waals surface area contributed by atoms with Crippen LogP contribution in [0.25, 0.3) is 21.6 Å². The summed E-state index contributed by atoms with van der Waals surface area (Å²) in [6.07, 6.45) is 5.84. The lowest BCUT2D eigenvalue weighted by Gasteiger charge is -2.21. The third-order valence-corrected chi connectivity index (χ3v) is 7.00. The van der Waals surface area contributed by atoms with Crippen molar-refractivity contribution in [3.05, 3.63) is 58.5 Å². The highest BCUT2D eigenvalue weighted by atomic mass is 32.1. The van der Waals surface area contributed by atoms with Gasteiger partial charge in [0.15, 0.2) is 0 Å². The second kappa shape index (κ2) is 8.31. The summed E-state index contributed by atoms with van der Waals surface area (Å²) in [7, 11) is 1.98. The van der Waals surface area contributed by atoms with Crippen molar-refractivity contribution in [3.63, 3.8) is 0 Å². The molecule has 0 fully saturated rings. The van der Waals surface area contributed by atoms with Crippen LogP contribution in [0.1, 0.15) is 35.3 Å². The van der Waals surface area contributed by atoms with Gasteiger partial charge in [0.1, 0.15) is 11.5 Å². The Labute approximate surface area is 176 Å². The molecule has 0 atom stereocenters. The number of para-hydroxylation sites is 1. The van der Waals surface area contributed by atoms with Gasteiger partial charge in [0.2, 0.25) is 0 Å². The molecule has 2 heterocycles. The molecule has 1 aliphatic heterocycles. The summed E-state index contributed by atoms with van der Waals surface area (Å²) in [6.45, 7) is 2.45. The highest BCUT2D eigenvalue weighted by Gasteiger charge is 2.27. The smallest absolute Gasteiger partial charge is 0.139 e. The van der Waals surface area contributed by atoms with Gasteiger partial charge in [-0.3, -0.25) is 0 Å². The number of hydrogen-bond donors (Lipinski definition) is 1. The van der Waals surface area contributed by atoms with E-state index >= 15 is 0 Å². The van der Waals surface area contributed by atoms with E-state index in [2.05, 4.69) is 47.8 Å². The quantitative estimate of drug-likeness (QED) is 0.388. The molecule has 0 saturated heterocycles. The molecule has 3 nitrogen and oxygen atoms in total. The zero-order valence-electron chi connectivity index (χ0n) is 16.9. The van der Waals surface area contributed by atoms with Crippen LogP contribution in [-0.2, 0) is 24.2 Å². The first-order valence-corrected chi connectivity index (χ1v) is 11.4. The molecule has 0 spiro atoms. The van der Waals surface area contributed by atoms with Crippen LogP contribution < -0.4 is 10.1 Å². The third kappa shape index (κ3) is 3.61. The summed E-state index contributed by atoms with van der Waals surface area (Å²) in [5, 5.41) is 3.17. The predicted octanol–water partition coefficient (Wildman–Crippen LogP) is 6.19. The number of ether oxygens (including phenoxy) is 2. The average Bonchev–Trinajstić information content (AvgIpc) is 3.12. The molecule has 1 N–H and O–H groups in total. The minimum Gasteiger partial charge on any atom is -0.456 e. The second-order valence-electron chi connectivity index (χ2n) is 7.85. The fraction of sp³-hybridized carbons (Fsp3) is 0.360. The van der Waals surface area contributed by atoms with Gasteiger partial charge < -0.3 is 14.8 Å². The Kier molecular flexibility index (Phi) is 5.40. The van der Waals surface area contributed by atoms with Crippen LogP contribution in [-0.4, -0.2) is 20.2 Å². The van der Waals surface area contributed by atoms with E-state index in [0.29, 0.717) is 6.61 Å². The van der Waals surface area contributed by atoms with E-state index in [1.54, 1.807) is 0 Å². The van der Waals surface area contributed by atoms with E-state index < -0.39 is 0 Å². The monoisotopic (exact) mass is 405 g/mol. The van der Waals surface area contributed by atoms with Crippen LogP contribution in [0.15, 0.2) is 42.5 Å². The van der Waals surface area contributed by atoms with Crippen molar-refractivity contribution in [3.8, 4) is 33.1 Å². The van der Waals surface area contributed by atoms with E-state index in [1.165, 1.54) is 50.4 Å². The Morgan fingerprint density at radius 3 is 2.86 bits per heavy atom. The van der Waals surface area contributed by atoms with Crippen LogP contribution in [0.3, 0.4) is 0 Å². The topological polar surface area (TPSA) is 30.5 Å². The van der Waals surface area contributed by atoms with Gasteiger partial charge in [0.25, 0.3) is 0 Å². The minimum atomic E-state index is 0.671. The first-order chi connectivity index (χ1) is 14.3. The van der Waals surface area contributed by atoms with Gasteiger partial charge in [0, 0.05) is 33.1 Å². The maximum absolute atomic E-state index is 6.58. The van der Waals surface area contributed by atoms with Crippen LogP contribution in [0.4, 0.5) is 0 Å². The summed E-state index contributed by atoms with van der Waals surface area (Å²) >= 11 is 1.85. The van der Waals surface area contributed by atoms with Crippen molar-refractivity contribution < 1.29 is 9.47 Å². The van der Waals surface area contributed by atoms with Crippen LogP contribution in [0, 0.1) is 0 Å². The van der Waals surface area contributed by atoms with Crippen molar-refractivity contribution in [1.29, 1.82) is 0 Å². The molecular weight excluding hydrogens is 378 g/mol. The van der Waals surface area contributed by atoms with E-state index in [0.717, 1.165) is 43.9 Å². The number of nitrogens with one attached hydrogen (secondary N) is 1. The first kappa shape index (κ1) is 18.9. The lowest BCUT2D eigenvalue weighted by Crippen LogP contribution is -2.10. The molecule has 29 heavy (non-hydrogen) atoms. The van der Waals surface area contributed by atoms with Crippen LogP contribution >= 0.6 is 11.3 Å². The molecule has 1 aliphatic carbocycles. The largest absolute Gasteiger partial charge is 0.456 e. The summed E-state index contributed by atoms with van der Waals surface area (Å²) in [4.78, 5) is 2.59. The zero-order chi connectivity index (χ0) is 19.6. The van der Waals surface area contributed by atoms with Gasteiger partial charge in [0.05, 0.1) is 6.61 Å². The van der Waals surface area contributed by atoms with Crippen molar-refractivity contribution in [2.24, 2.45) is 0 Å². The van der Waals surface area contributed by atoms with Crippen LogP contribution in [0.5, 0.6) is 11.5 Å². The van der Waals surface area contributed by atoms with E-state index in [4.69, 9.17) is 9.47 Å². The molecular formula is C25H27NO2S. The predicted molar refractivity (Wildman–Crippen MR) is 120 cm³/mol. The molecule has 2 aliphatic rings. The highest BCUT2D eigenvalue weighted by molar-refractivity contribution is 7.16. The number of benzene rings is 2. The molecule has 3 aromatic rings. The van der Waals surface area contributed by atoms with Gasteiger partial charge in [-0.05, 0) is 75.0 Å². The number of aryl methyl sites for hydroxylation is 1. The Balaban J connectivity index is 1.56. The molecule has 0 unspecified atom stereocenters. The van der Waals surface area contributed by atoms with Gasteiger partial charge >= 0.3 is 0 Å². The van der Waals surface area contributed by atoms with Crippen molar-refractivity contribution in [2.45, 2.75) is 38.7 Å². The van der Waals surface area contributed by atoms with Crippen molar-refractivity contribution >= 4 is 11.3 Å². The lowest BCUT2D eigenvalue weighted by molar-refractivity contribution is 0.121. The number of thiophene rings is 1. The standard InChI is InChI=1S/C25H27NO2S/c1-26-13-6-14-27-16-18-15-22-20-9-4-5-10-23(20)28-24-19-8-3-2-7-17(19)11-12-21(24)25(22)29-18/h4-5,9-12,15,26H,2-3,6-8,13-14,16H2,1H3. The van der Waals surface area contributed by atoms with E-state index in [9.17, 15) is 0 Å². The average molecular weight is 406 g/mol. The number of fused-ring (bicyclic) bond motifs is 7. The fourth-order valence-electron chi connectivity index (χ4n) is 4.41. The maximum Gasteiger partial charge on any atom is 0.139 e. The number of rotatable bonds is 6. The van der Waals surface area contributed by atoms with E-state index in [-0.39, 0.29) is 0 Å². The minimum absolute atomic E-state index is 0.671.